The molecule has 30 heavy (non-hydrogen) atoms. The topological polar surface area (TPSA) is 150 Å². The normalized spacial score (nSPS) is 23.9. The average Bonchev–Trinajstić information content (AvgIpc) is 3.12. The van der Waals surface area contributed by atoms with E-state index >= 15 is 0 Å². The Bertz CT molecular complexity index is 903. The number of hydrogen-bond acceptors (Lipinski definition) is 8. The third-order valence-corrected chi connectivity index (χ3v) is 5.42. The minimum absolute atomic E-state index is 0.0236. The number of nitrogens with one attached hydrogen (secondary N) is 4. The van der Waals surface area contributed by atoms with Gasteiger partial charge >= 0.3 is 0 Å². The van der Waals surface area contributed by atoms with Crippen LogP contribution in [0.3, 0.4) is 0 Å². The van der Waals surface area contributed by atoms with Gasteiger partial charge in [-0.1, -0.05) is 12.1 Å². The van der Waals surface area contributed by atoms with E-state index in [-0.39, 0.29) is 11.8 Å². The van der Waals surface area contributed by atoms with E-state index in [9.17, 15) is 9.59 Å². The molecular weight excluding hydrogens is 384 g/mol. The number of hydrogen-bond donors (Lipinski definition) is 6. The third kappa shape index (κ3) is 4.18. The number of carbonyl (C=O) groups is 2. The van der Waals surface area contributed by atoms with E-state index in [1.165, 1.54) is 0 Å². The molecule has 2 aliphatic heterocycles. The molecule has 2 unspecified atom stereocenters. The Balaban J connectivity index is 1.52. The summed E-state index contributed by atoms with van der Waals surface area (Å²) in [5.41, 5.74) is 20.2. The van der Waals surface area contributed by atoms with Gasteiger partial charge in [0.05, 0.1) is 30.1 Å². The summed E-state index contributed by atoms with van der Waals surface area (Å²) in [6.45, 7) is 3.03. The van der Waals surface area contributed by atoms with Crippen molar-refractivity contribution in [3.05, 3.63) is 48.3 Å². The molecule has 0 aliphatic carbocycles. The summed E-state index contributed by atoms with van der Waals surface area (Å²) in [6, 6.07) is 9.17. The van der Waals surface area contributed by atoms with E-state index in [2.05, 4.69) is 26.5 Å². The van der Waals surface area contributed by atoms with Crippen LogP contribution in [-0.2, 0) is 4.79 Å². The molecule has 2 amide bonds. The first-order chi connectivity index (χ1) is 14.5. The molecule has 2 aromatic rings. The number of nitrogens with two attached hydrogens (primary N) is 2. The highest BCUT2D eigenvalue weighted by atomic mass is 16.2. The quantitative estimate of drug-likeness (QED) is 0.377. The van der Waals surface area contributed by atoms with Gasteiger partial charge in [0.25, 0.3) is 5.91 Å². The number of aromatic nitrogens is 1. The van der Waals surface area contributed by atoms with E-state index in [1.807, 2.05) is 35.2 Å². The van der Waals surface area contributed by atoms with Gasteiger partial charge in [0.1, 0.15) is 0 Å². The summed E-state index contributed by atoms with van der Waals surface area (Å²) in [7, 11) is 0. The van der Waals surface area contributed by atoms with Crippen LogP contribution in [0.5, 0.6) is 0 Å². The van der Waals surface area contributed by atoms with Crippen LogP contribution < -0.4 is 33.0 Å². The zero-order valence-corrected chi connectivity index (χ0v) is 16.5. The molecular formula is C20H26N8O2. The minimum Gasteiger partial charge on any atom is -0.336 e. The first kappa shape index (κ1) is 20.4. The predicted molar refractivity (Wildman–Crippen MR) is 113 cm³/mol. The Morgan fingerprint density at radius 2 is 1.70 bits per heavy atom. The summed E-state index contributed by atoms with van der Waals surface area (Å²) in [4.78, 5) is 31.3. The molecule has 8 N–H and O–H groups in total. The van der Waals surface area contributed by atoms with Crippen LogP contribution in [0.2, 0.25) is 0 Å². The van der Waals surface area contributed by atoms with E-state index in [0.29, 0.717) is 24.3 Å². The second-order valence-corrected chi connectivity index (χ2v) is 7.40. The van der Waals surface area contributed by atoms with E-state index in [1.54, 1.807) is 12.4 Å². The Hall–Kier alpha value is -2.89. The van der Waals surface area contributed by atoms with Gasteiger partial charge in [-0.15, -0.1) is 0 Å². The van der Waals surface area contributed by atoms with Crippen molar-refractivity contribution < 1.29 is 9.59 Å². The van der Waals surface area contributed by atoms with E-state index < -0.39 is 18.2 Å². The smallest absolute Gasteiger partial charge is 0.253 e. The molecule has 1 aromatic carbocycles. The van der Waals surface area contributed by atoms with Gasteiger partial charge in [0, 0.05) is 43.5 Å². The van der Waals surface area contributed by atoms with Crippen LogP contribution in [0.25, 0.3) is 11.1 Å². The fraction of sp³-hybridized carbons (Fsp3) is 0.350. The van der Waals surface area contributed by atoms with Gasteiger partial charge in [-0.25, -0.2) is 10.9 Å². The minimum atomic E-state index is -0.628. The number of hydrazine groups is 1. The molecule has 2 aliphatic rings. The lowest BCUT2D eigenvalue weighted by atomic mass is 10.0. The lowest BCUT2D eigenvalue weighted by molar-refractivity contribution is -0.120. The maximum absolute atomic E-state index is 12.7. The largest absolute Gasteiger partial charge is 0.336 e. The molecule has 158 valence electrons. The molecule has 1 aromatic heterocycles. The fourth-order valence-corrected chi connectivity index (χ4v) is 3.73. The van der Waals surface area contributed by atoms with Crippen LogP contribution in [0.4, 0.5) is 5.69 Å². The highest BCUT2D eigenvalue weighted by Gasteiger charge is 2.37. The van der Waals surface area contributed by atoms with Gasteiger partial charge in [0.2, 0.25) is 5.91 Å². The lowest BCUT2D eigenvalue weighted by Crippen LogP contribution is -2.46. The van der Waals surface area contributed by atoms with Gasteiger partial charge in [-0.05, 0) is 23.8 Å². The number of benzene rings is 1. The summed E-state index contributed by atoms with van der Waals surface area (Å²) in [5.74, 6) is -0.903. The first-order valence-electron chi connectivity index (χ1n) is 9.92. The molecule has 2 atom stereocenters. The van der Waals surface area contributed by atoms with Crippen LogP contribution >= 0.6 is 0 Å². The van der Waals surface area contributed by atoms with Crippen LogP contribution in [-0.4, -0.2) is 60.2 Å². The molecule has 0 saturated carbocycles. The third-order valence-electron chi connectivity index (χ3n) is 5.42. The highest BCUT2D eigenvalue weighted by molar-refractivity contribution is 5.98. The maximum atomic E-state index is 12.7. The second kappa shape index (κ2) is 8.86. The van der Waals surface area contributed by atoms with Crippen LogP contribution in [0.15, 0.2) is 42.7 Å². The number of pyridine rings is 1. The Labute approximate surface area is 174 Å². The second-order valence-electron chi connectivity index (χ2n) is 7.40. The van der Waals surface area contributed by atoms with Crippen molar-refractivity contribution >= 4 is 17.5 Å². The van der Waals surface area contributed by atoms with E-state index in [0.717, 1.165) is 24.2 Å². The van der Waals surface area contributed by atoms with Crippen molar-refractivity contribution in [2.24, 2.45) is 17.4 Å². The van der Waals surface area contributed by atoms with Crippen molar-refractivity contribution in [2.75, 3.05) is 31.5 Å². The van der Waals surface area contributed by atoms with Crippen molar-refractivity contribution in [2.45, 2.75) is 12.3 Å². The van der Waals surface area contributed by atoms with Crippen molar-refractivity contribution in [3.63, 3.8) is 0 Å². The molecule has 0 radical (unpaired) electrons. The van der Waals surface area contributed by atoms with Gasteiger partial charge in [0.15, 0.2) is 0 Å². The SMILES string of the molecule is NC1NNC(N)C1C(=O)Nc1cnccc1-c1ccc(C(=O)N2CCNCC2)cc1. The number of amides is 2. The van der Waals surface area contributed by atoms with Gasteiger partial charge in [-0.3, -0.25) is 14.6 Å². The summed E-state index contributed by atoms with van der Waals surface area (Å²) >= 11 is 0. The monoisotopic (exact) mass is 410 g/mol. The zero-order valence-electron chi connectivity index (χ0n) is 16.5. The average molecular weight is 410 g/mol. The van der Waals surface area contributed by atoms with Crippen molar-refractivity contribution in [1.29, 1.82) is 0 Å². The molecule has 10 nitrogen and oxygen atoms in total. The number of nitrogens with zero attached hydrogens (tertiary/aromatic N) is 2. The summed E-state index contributed by atoms with van der Waals surface area (Å²) < 4.78 is 0. The molecule has 0 bridgehead atoms. The zero-order chi connectivity index (χ0) is 21.1. The fourth-order valence-electron chi connectivity index (χ4n) is 3.73. The first-order valence-corrected chi connectivity index (χ1v) is 9.92. The van der Waals surface area contributed by atoms with Gasteiger partial charge in [-0.2, -0.15) is 0 Å². The number of rotatable bonds is 4. The lowest BCUT2D eigenvalue weighted by Gasteiger charge is -2.27. The Kier molecular flexibility index (Phi) is 6.02. The number of anilines is 1. The van der Waals surface area contributed by atoms with Gasteiger partial charge < -0.3 is 27.0 Å². The van der Waals surface area contributed by atoms with Crippen LogP contribution in [0, 0.1) is 5.92 Å². The molecule has 4 rings (SSSR count). The molecule has 2 saturated heterocycles. The number of piperazine rings is 1. The Morgan fingerprint density at radius 3 is 2.37 bits per heavy atom. The Morgan fingerprint density at radius 1 is 1.03 bits per heavy atom. The summed E-state index contributed by atoms with van der Waals surface area (Å²) in [5, 5.41) is 6.12. The van der Waals surface area contributed by atoms with E-state index in [4.69, 9.17) is 11.5 Å². The molecule has 10 heteroatoms. The van der Waals surface area contributed by atoms with Crippen molar-refractivity contribution in [1.82, 2.24) is 26.1 Å². The maximum Gasteiger partial charge on any atom is 0.253 e. The summed E-state index contributed by atoms with van der Waals surface area (Å²) in [6.07, 6.45) is 2.06. The van der Waals surface area contributed by atoms with Crippen LogP contribution in [0.1, 0.15) is 10.4 Å². The molecule has 3 heterocycles. The number of carbonyl (C=O) groups excluding carboxylic acids is 2. The standard InChI is InChI=1S/C20H26N8O2/c21-17-16(18(22)27-26-17)19(29)25-15-11-24-6-5-14(15)12-1-3-13(4-2-12)20(30)28-9-7-23-8-10-28/h1-6,11,16-18,23,26-27H,7-10,21-22H2,(H,25,29). The molecule has 0 spiro atoms. The predicted octanol–water partition coefficient (Wildman–Crippen LogP) is -0.974. The highest BCUT2D eigenvalue weighted by Crippen LogP contribution is 2.28. The molecule has 2 fully saturated rings. The van der Waals surface area contributed by atoms with Crippen molar-refractivity contribution in [3.8, 4) is 11.1 Å².